The Balaban J connectivity index is 1.49. The first-order valence-electron chi connectivity index (χ1n) is 11.1. The van der Waals surface area contributed by atoms with Crippen LogP contribution in [0, 0.1) is 5.92 Å². The number of rotatable bonds is 7. The number of aromatic nitrogens is 4. The molecule has 9 nitrogen and oxygen atoms in total. The van der Waals surface area contributed by atoms with Gasteiger partial charge in [0.2, 0.25) is 0 Å². The first-order valence-corrected chi connectivity index (χ1v) is 11.1. The number of alkyl halides is 3. The van der Waals surface area contributed by atoms with Crippen molar-refractivity contribution in [2.24, 2.45) is 11.7 Å². The van der Waals surface area contributed by atoms with Crippen LogP contribution in [0.5, 0.6) is 5.75 Å². The lowest BCUT2D eigenvalue weighted by Gasteiger charge is -2.38. The van der Waals surface area contributed by atoms with Gasteiger partial charge in [0, 0.05) is 31.1 Å². The number of methoxy groups -OCH3 is 1. The normalized spacial score (nSPS) is 18.5. The Labute approximate surface area is 200 Å². The van der Waals surface area contributed by atoms with Gasteiger partial charge < -0.3 is 20.7 Å². The number of halogens is 3. The van der Waals surface area contributed by atoms with Gasteiger partial charge >= 0.3 is 12.2 Å². The molecule has 12 heteroatoms. The Bertz CT molecular complexity index is 1150. The summed E-state index contributed by atoms with van der Waals surface area (Å²) < 4.78 is 45.8. The number of piperidine rings is 1. The first kappa shape index (κ1) is 24.5. The molecule has 2 heterocycles. The third kappa shape index (κ3) is 5.53. The molecule has 0 bridgehead atoms. The molecule has 35 heavy (non-hydrogen) atoms. The van der Waals surface area contributed by atoms with Crippen molar-refractivity contribution in [1.29, 1.82) is 0 Å². The zero-order valence-electron chi connectivity index (χ0n) is 19.1. The molecule has 2 unspecified atom stereocenters. The van der Waals surface area contributed by atoms with Gasteiger partial charge in [0.25, 0.3) is 5.82 Å². The van der Waals surface area contributed by atoms with Gasteiger partial charge in [0.15, 0.2) is 0 Å². The molecule has 186 valence electrons. The molecule has 2 aromatic carbocycles. The molecule has 4 rings (SSSR count). The highest BCUT2D eigenvalue weighted by Gasteiger charge is 2.38. The number of nitrogens with one attached hydrogen (secondary N) is 1. The Hall–Kier alpha value is -3.67. The molecule has 3 aromatic rings. The number of urea groups is 1. The molecule has 1 saturated heterocycles. The third-order valence-electron chi connectivity index (χ3n) is 6.25. The predicted molar refractivity (Wildman–Crippen MR) is 121 cm³/mol. The van der Waals surface area contributed by atoms with Crippen molar-refractivity contribution in [3.63, 3.8) is 0 Å². The summed E-state index contributed by atoms with van der Waals surface area (Å²) in [5.74, 6) is -0.327. The number of carbonyl (C=O) groups excluding carboxylic acids is 1. The number of likely N-dealkylation sites (tertiary alicyclic amines) is 1. The fourth-order valence-corrected chi connectivity index (χ4v) is 4.49. The molecular weight excluding hydrogens is 463 g/mol. The standard InChI is InChI=1S/C23H26F3N7O2/c1-35-20-8-7-18(33-21(23(24,25)26)29-30-31-33)11-17(20)13-28-12-16-9-10-32(22(27)34)14-19(16)15-5-3-2-4-6-15/h2-8,11,16,19,28H,9-10,12-14H2,1H3,(H2,27,34). The van der Waals surface area contributed by atoms with E-state index in [-0.39, 0.29) is 17.5 Å². The zero-order chi connectivity index (χ0) is 25.0. The maximum atomic E-state index is 13.2. The lowest BCUT2D eigenvalue weighted by molar-refractivity contribution is -0.146. The number of nitrogens with two attached hydrogens (primary N) is 1. The smallest absolute Gasteiger partial charge is 0.453 e. The maximum absolute atomic E-state index is 13.2. The number of carbonyl (C=O) groups is 1. The van der Waals surface area contributed by atoms with Crippen LogP contribution in [0.2, 0.25) is 0 Å². The van der Waals surface area contributed by atoms with Crippen LogP contribution in [-0.4, -0.2) is 57.9 Å². The molecule has 2 atom stereocenters. The zero-order valence-corrected chi connectivity index (χ0v) is 19.1. The molecule has 1 aliphatic rings. The summed E-state index contributed by atoms with van der Waals surface area (Å²) in [5.41, 5.74) is 7.50. The minimum absolute atomic E-state index is 0.105. The van der Waals surface area contributed by atoms with Gasteiger partial charge in [-0.05, 0) is 53.1 Å². The van der Waals surface area contributed by atoms with Crippen molar-refractivity contribution in [1.82, 2.24) is 30.4 Å². The maximum Gasteiger partial charge on any atom is 0.453 e. The van der Waals surface area contributed by atoms with E-state index in [1.54, 1.807) is 17.0 Å². The summed E-state index contributed by atoms with van der Waals surface area (Å²) >= 11 is 0. The van der Waals surface area contributed by atoms with Crippen molar-refractivity contribution >= 4 is 6.03 Å². The summed E-state index contributed by atoms with van der Waals surface area (Å²) in [5, 5.41) is 13.2. The van der Waals surface area contributed by atoms with E-state index in [9.17, 15) is 18.0 Å². The van der Waals surface area contributed by atoms with Crippen LogP contribution in [-0.2, 0) is 12.7 Å². The number of ether oxygens (including phenoxy) is 1. The topological polar surface area (TPSA) is 111 Å². The number of hydrogen-bond acceptors (Lipinski definition) is 6. The second-order valence-electron chi connectivity index (χ2n) is 8.39. The molecule has 1 aliphatic heterocycles. The van der Waals surface area contributed by atoms with E-state index in [0.29, 0.717) is 42.2 Å². The number of tetrazole rings is 1. The van der Waals surface area contributed by atoms with Crippen molar-refractivity contribution in [3.05, 3.63) is 65.5 Å². The van der Waals surface area contributed by atoms with Crippen molar-refractivity contribution in [2.45, 2.75) is 25.1 Å². The number of nitrogens with zero attached hydrogens (tertiary/aromatic N) is 5. The monoisotopic (exact) mass is 489 g/mol. The number of hydrogen-bond donors (Lipinski definition) is 2. The fraction of sp³-hybridized carbons (Fsp3) is 0.391. The van der Waals surface area contributed by atoms with Crippen LogP contribution in [0.3, 0.4) is 0 Å². The van der Waals surface area contributed by atoms with Gasteiger partial charge in [-0.1, -0.05) is 30.3 Å². The van der Waals surface area contributed by atoms with Gasteiger partial charge in [-0.3, -0.25) is 0 Å². The SMILES string of the molecule is COc1ccc(-n2nnnc2C(F)(F)F)cc1CNCC1CCN(C(N)=O)CC1c1ccccc1. The van der Waals surface area contributed by atoms with Crippen molar-refractivity contribution in [2.75, 3.05) is 26.7 Å². The van der Waals surface area contributed by atoms with Gasteiger partial charge in [-0.25, -0.2) is 4.79 Å². The van der Waals surface area contributed by atoms with E-state index < -0.39 is 18.0 Å². The number of amides is 2. The molecule has 1 aromatic heterocycles. The molecule has 0 radical (unpaired) electrons. The van der Waals surface area contributed by atoms with E-state index in [1.165, 1.54) is 13.2 Å². The fourth-order valence-electron chi connectivity index (χ4n) is 4.49. The van der Waals surface area contributed by atoms with E-state index >= 15 is 0 Å². The molecule has 1 fully saturated rings. The van der Waals surface area contributed by atoms with Gasteiger partial charge in [0.1, 0.15) is 5.75 Å². The quantitative estimate of drug-likeness (QED) is 0.528. The van der Waals surface area contributed by atoms with E-state index in [2.05, 4.69) is 20.8 Å². The summed E-state index contributed by atoms with van der Waals surface area (Å²) in [6, 6.07) is 14.2. The molecule has 3 N–H and O–H groups in total. The van der Waals surface area contributed by atoms with Crippen LogP contribution < -0.4 is 15.8 Å². The summed E-state index contributed by atoms with van der Waals surface area (Å²) in [4.78, 5) is 13.4. The van der Waals surface area contributed by atoms with Crippen LogP contribution in [0.4, 0.5) is 18.0 Å². The van der Waals surface area contributed by atoms with E-state index in [1.807, 2.05) is 30.3 Å². The van der Waals surface area contributed by atoms with Crippen molar-refractivity contribution < 1.29 is 22.7 Å². The van der Waals surface area contributed by atoms with Crippen LogP contribution in [0.15, 0.2) is 48.5 Å². The average Bonchev–Trinajstić information content (AvgIpc) is 3.35. The molecule has 0 spiro atoms. The summed E-state index contributed by atoms with van der Waals surface area (Å²) in [6.07, 6.45) is -3.92. The Morgan fingerprint density at radius 1 is 1.23 bits per heavy atom. The minimum atomic E-state index is -4.69. The van der Waals surface area contributed by atoms with Crippen LogP contribution in [0.1, 0.15) is 29.3 Å². The second kappa shape index (κ2) is 10.3. The van der Waals surface area contributed by atoms with Gasteiger partial charge in [-0.15, -0.1) is 5.10 Å². The Kier molecular flexibility index (Phi) is 7.20. The second-order valence-corrected chi connectivity index (χ2v) is 8.39. The molecule has 0 aliphatic carbocycles. The molecular formula is C23H26F3N7O2. The molecule has 0 saturated carbocycles. The van der Waals surface area contributed by atoms with E-state index in [0.717, 1.165) is 12.0 Å². The minimum Gasteiger partial charge on any atom is -0.496 e. The number of benzene rings is 2. The summed E-state index contributed by atoms with van der Waals surface area (Å²) in [7, 11) is 1.50. The predicted octanol–water partition coefficient (Wildman–Crippen LogP) is 2.96. The highest BCUT2D eigenvalue weighted by atomic mass is 19.4. The largest absolute Gasteiger partial charge is 0.496 e. The highest BCUT2D eigenvalue weighted by molar-refractivity contribution is 5.72. The van der Waals surface area contributed by atoms with Crippen molar-refractivity contribution in [3.8, 4) is 11.4 Å². The summed E-state index contributed by atoms with van der Waals surface area (Å²) in [6.45, 7) is 2.10. The average molecular weight is 490 g/mol. The first-order chi connectivity index (χ1) is 16.8. The Morgan fingerprint density at radius 2 is 2.00 bits per heavy atom. The third-order valence-corrected chi connectivity index (χ3v) is 6.25. The lowest BCUT2D eigenvalue weighted by atomic mass is 9.80. The Morgan fingerprint density at radius 3 is 2.69 bits per heavy atom. The highest BCUT2D eigenvalue weighted by Crippen LogP contribution is 2.33. The van der Waals surface area contributed by atoms with E-state index in [4.69, 9.17) is 10.5 Å². The van der Waals surface area contributed by atoms with Gasteiger partial charge in [-0.2, -0.15) is 17.9 Å². The van der Waals surface area contributed by atoms with Crippen LogP contribution >= 0.6 is 0 Å². The number of primary amides is 1. The lowest BCUT2D eigenvalue weighted by Crippen LogP contribution is -2.47. The molecule has 2 amide bonds. The van der Waals surface area contributed by atoms with Gasteiger partial charge in [0.05, 0.1) is 12.8 Å². The van der Waals surface area contributed by atoms with Crippen LogP contribution in [0.25, 0.3) is 5.69 Å².